The van der Waals surface area contributed by atoms with Gasteiger partial charge in [-0.2, -0.15) is 5.26 Å². The molecule has 3 aromatic rings. The first kappa shape index (κ1) is 19.3. The molecule has 0 saturated carbocycles. The smallest absolute Gasteiger partial charge is 0.287 e. The lowest BCUT2D eigenvalue weighted by molar-refractivity contribution is -0.385. The number of hydrogen-bond acceptors (Lipinski definition) is 7. The van der Waals surface area contributed by atoms with Crippen LogP contribution in [0.15, 0.2) is 71.0 Å². The molecular weight excluding hydrogens is 376 g/mol. The van der Waals surface area contributed by atoms with Crippen LogP contribution in [-0.2, 0) is 11.3 Å². The first-order valence-electron chi connectivity index (χ1n) is 8.36. The summed E-state index contributed by atoms with van der Waals surface area (Å²) in [5.41, 5.74) is 0.438. The second kappa shape index (κ2) is 8.96. The summed E-state index contributed by atoms with van der Waals surface area (Å²) in [5, 5.41) is 22.5. The van der Waals surface area contributed by atoms with Gasteiger partial charge in [0.1, 0.15) is 29.3 Å². The molecule has 2 aromatic heterocycles. The van der Waals surface area contributed by atoms with Crippen LogP contribution >= 0.6 is 0 Å². The highest BCUT2D eigenvalue weighted by Crippen LogP contribution is 2.22. The fourth-order valence-electron chi connectivity index (χ4n) is 2.28. The number of nitro groups is 1. The summed E-state index contributed by atoms with van der Waals surface area (Å²) in [6.45, 7) is 0.180. The highest BCUT2D eigenvalue weighted by atomic mass is 16.6. The van der Waals surface area contributed by atoms with Crippen molar-refractivity contribution >= 4 is 17.7 Å². The van der Waals surface area contributed by atoms with Gasteiger partial charge in [-0.3, -0.25) is 14.9 Å². The molecule has 0 bridgehead atoms. The van der Waals surface area contributed by atoms with Gasteiger partial charge in [0, 0.05) is 12.1 Å². The third-order valence-corrected chi connectivity index (χ3v) is 3.71. The van der Waals surface area contributed by atoms with E-state index in [0.29, 0.717) is 17.1 Å². The zero-order chi connectivity index (χ0) is 20.6. The minimum atomic E-state index is -0.546. The Morgan fingerprint density at radius 2 is 2.07 bits per heavy atom. The van der Waals surface area contributed by atoms with Crippen molar-refractivity contribution in [2.75, 3.05) is 0 Å². The third kappa shape index (κ3) is 5.27. The Hall–Kier alpha value is -4.45. The van der Waals surface area contributed by atoms with Gasteiger partial charge < -0.3 is 14.5 Å². The zero-order valence-corrected chi connectivity index (χ0v) is 14.9. The number of rotatable bonds is 7. The standard InChI is InChI=1S/C20H14N4O5/c21-11-15(20(25)23-13-18-2-1-9-28-18)10-14-3-6-17(7-4-14)29-19-8-5-16(12-22-19)24(26)27/h1-10,12H,13H2,(H,23,25)/b15-10-. The topological polar surface area (TPSA) is 131 Å². The van der Waals surface area contributed by atoms with E-state index < -0.39 is 10.8 Å². The van der Waals surface area contributed by atoms with Crippen LogP contribution in [0, 0.1) is 21.4 Å². The molecule has 0 aliphatic heterocycles. The van der Waals surface area contributed by atoms with E-state index in [2.05, 4.69) is 10.3 Å². The summed E-state index contributed by atoms with van der Waals surface area (Å²) in [6.07, 6.45) is 4.05. The number of carbonyl (C=O) groups is 1. The lowest BCUT2D eigenvalue weighted by Crippen LogP contribution is -2.23. The van der Waals surface area contributed by atoms with Crippen molar-refractivity contribution in [2.45, 2.75) is 6.54 Å². The first-order chi connectivity index (χ1) is 14.0. The summed E-state index contributed by atoms with van der Waals surface area (Å²) in [6, 6.07) is 14.6. The monoisotopic (exact) mass is 390 g/mol. The van der Waals surface area contributed by atoms with E-state index in [1.165, 1.54) is 24.5 Å². The van der Waals surface area contributed by atoms with Crippen molar-refractivity contribution < 1.29 is 18.9 Å². The van der Waals surface area contributed by atoms with Gasteiger partial charge in [-0.15, -0.1) is 0 Å². The van der Waals surface area contributed by atoms with Crippen LogP contribution in [0.2, 0.25) is 0 Å². The molecule has 0 spiro atoms. The van der Waals surface area contributed by atoms with Crippen LogP contribution in [0.1, 0.15) is 11.3 Å². The molecule has 1 amide bonds. The fraction of sp³-hybridized carbons (Fsp3) is 0.0500. The highest BCUT2D eigenvalue weighted by Gasteiger charge is 2.10. The van der Waals surface area contributed by atoms with E-state index in [1.54, 1.807) is 36.4 Å². The summed E-state index contributed by atoms with van der Waals surface area (Å²) in [7, 11) is 0. The molecule has 1 N–H and O–H groups in total. The predicted octanol–water partition coefficient (Wildman–Crippen LogP) is 3.60. The highest BCUT2D eigenvalue weighted by molar-refractivity contribution is 6.01. The van der Waals surface area contributed by atoms with Crippen molar-refractivity contribution in [3.8, 4) is 17.7 Å². The van der Waals surface area contributed by atoms with Crippen LogP contribution in [-0.4, -0.2) is 15.8 Å². The number of carbonyl (C=O) groups excluding carboxylic acids is 1. The Bertz CT molecular complexity index is 1070. The lowest BCUT2D eigenvalue weighted by atomic mass is 10.1. The Labute approximate surface area is 165 Å². The molecule has 9 heteroatoms. The van der Waals surface area contributed by atoms with Crippen molar-refractivity contribution in [1.82, 2.24) is 10.3 Å². The molecular formula is C20H14N4O5. The van der Waals surface area contributed by atoms with Gasteiger partial charge in [0.15, 0.2) is 0 Å². The SMILES string of the molecule is N#C/C(=C/c1ccc(Oc2ccc([N+](=O)[O-])cn2)cc1)C(=O)NCc1ccco1. The van der Waals surface area contributed by atoms with Crippen LogP contribution in [0.3, 0.4) is 0 Å². The van der Waals surface area contributed by atoms with Crippen molar-refractivity contribution in [3.05, 3.63) is 88.0 Å². The predicted molar refractivity (Wildman–Crippen MR) is 102 cm³/mol. The number of ether oxygens (including phenoxy) is 1. The number of nitrogens with zero attached hydrogens (tertiary/aromatic N) is 3. The van der Waals surface area contributed by atoms with Gasteiger partial charge in [0.05, 0.1) is 17.7 Å². The van der Waals surface area contributed by atoms with Gasteiger partial charge in [-0.25, -0.2) is 4.98 Å². The number of amides is 1. The Balaban J connectivity index is 1.64. The van der Waals surface area contributed by atoms with Gasteiger partial charge in [-0.1, -0.05) is 12.1 Å². The van der Waals surface area contributed by atoms with Crippen LogP contribution in [0.25, 0.3) is 6.08 Å². The molecule has 1 aromatic carbocycles. The Morgan fingerprint density at radius 1 is 1.28 bits per heavy atom. The third-order valence-electron chi connectivity index (χ3n) is 3.71. The van der Waals surface area contributed by atoms with Gasteiger partial charge >= 0.3 is 0 Å². The number of benzene rings is 1. The molecule has 144 valence electrons. The second-order valence-electron chi connectivity index (χ2n) is 5.71. The molecule has 0 unspecified atom stereocenters. The van der Waals surface area contributed by atoms with E-state index in [4.69, 9.17) is 9.15 Å². The molecule has 0 radical (unpaired) electrons. The largest absolute Gasteiger partial charge is 0.467 e. The summed E-state index contributed by atoms with van der Waals surface area (Å²) in [5.74, 6) is 0.717. The van der Waals surface area contributed by atoms with E-state index in [1.807, 2.05) is 6.07 Å². The van der Waals surface area contributed by atoms with Gasteiger partial charge in [-0.05, 0) is 35.9 Å². The fourth-order valence-corrected chi connectivity index (χ4v) is 2.28. The van der Waals surface area contributed by atoms with E-state index in [9.17, 15) is 20.2 Å². The molecule has 0 fully saturated rings. The minimum Gasteiger partial charge on any atom is -0.467 e. The Morgan fingerprint density at radius 3 is 2.66 bits per heavy atom. The number of nitriles is 1. The van der Waals surface area contributed by atoms with Gasteiger partial charge in [0.2, 0.25) is 5.88 Å². The van der Waals surface area contributed by atoms with Crippen LogP contribution < -0.4 is 10.1 Å². The minimum absolute atomic E-state index is 0.0535. The average molecular weight is 390 g/mol. The summed E-state index contributed by atoms with van der Waals surface area (Å²) in [4.78, 5) is 26.1. The number of pyridine rings is 1. The van der Waals surface area contributed by atoms with Crippen molar-refractivity contribution in [1.29, 1.82) is 5.26 Å². The van der Waals surface area contributed by atoms with E-state index in [-0.39, 0.29) is 23.7 Å². The lowest BCUT2D eigenvalue weighted by Gasteiger charge is -2.05. The maximum absolute atomic E-state index is 12.1. The normalized spacial score (nSPS) is 10.8. The Kier molecular flexibility index (Phi) is 5.97. The molecule has 0 aliphatic rings. The molecule has 2 heterocycles. The van der Waals surface area contributed by atoms with E-state index >= 15 is 0 Å². The maximum Gasteiger partial charge on any atom is 0.287 e. The molecule has 29 heavy (non-hydrogen) atoms. The number of aromatic nitrogens is 1. The molecule has 0 atom stereocenters. The maximum atomic E-state index is 12.1. The quantitative estimate of drug-likeness (QED) is 0.282. The molecule has 9 nitrogen and oxygen atoms in total. The van der Waals surface area contributed by atoms with Gasteiger partial charge in [0.25, 0.3) is 11.6 Å². The summed E-state index contributed by atoms with van der Waals surface area (Å²) >= 11 is 0. The van der Waals surface area contributed by atoms with Crippen molar-refractivity contribution in [2.24, 2.45) is 0 Å². The second-order valence-corrected chi connectivity index (χ2v) is 5.71. The number of nitrogens with one attached hydrogen (secondary N) is 1. The molecule has 3 rings (SSSR count). The first-order valence-corrected chi connectivity index (χ1v) is 8.36. The summed E-state index contributed by atoms with van der Waals surface area (Å²) < 4.78 is 10.6. The number of hydrogen-bond donors (Lipinski definition) is 1. The average Bonchev–Trinajstić information content (AvgIpc) is 3.25. The van der Waals surface area contributed by atoms with Crippen molar-refractivity contribution in [3.63, 3.8) is 0 Å². The molecule has 0 saturated heterocycles. The van der Waals surface area contributed by atoms with E-state index in [0.717, 1.165) is 6.20 Å². The van der Waals surface area contributed by atoms with Crippen LogP contribution in [0.5, 0.6) is 11.6 Å². The van der Waals surface area contributed by atoms with Crippen LogP contribution in [0.4, 0.5) is 5.69 Å². The number of furan rings is 1. The zero-order valence-electron chi connectivity index (χ0n) is 14.9. The molecule has 0 aliphatic carbocycles.